The lowest BCUT2D eigenvalue weighted by Gasteiger charge is -2.20. The Balaban J connectivity index is 1.92. The monoisotopic (exact) mass is 336 g/mol. The zero-order valence-electron chi connectivity index (χ0n) is 14.0. The number of para-hydroxylation sites is 1. The second-order valence-corrected chi connectivity index (χ2v) is 6.76. The summed E-state index contributed by atoms with van der Waals surface area (Å²) in [6.45, 7) is 5.08. The molecule has 0 aliphatic carbocycles. The Hall–Kier alpha value is -2.44. The first-order valence-corrected chi connectivity index (χ1v) is 7.70. The number of carbonyl (C=O) groups excluding carboxylic acids is 3. The molecule has 1 fully saturated rings. The first-order chi connectivity index (χ1) is 11.2. The molecule has 0 spiro atoms. The Labute approximate surface area is 140 Å². The normalized spacial score (nSPS) is 17.8. The van der Waals surface area contributed by atoms with Crippen LogP contribution in [0.3, 0.4) is 0 Å². The summed E-state index contributed by atoms with van der Waals surface area (Å²) in [5.41, 5.74) is -0.280. The molecule has 1 N–H and O–H groups in total. The van der Waals surface area contributed by atoms with Crippen molar-refractivity contribution in [3.05, 3.63) is 30.1 Å². The van der Waals surface area contributed by atoms with Crippen LogP contribution in [0.5, 0.6) is 0 Å². The minimum atomic E-state index is -0.709. The summed E-state index contributed by atoms with van der Waals surface area (Å²) in [7, 11) is 0. The van der Waals surface area contributed by atoms with Gasteiger partial charge in [-0.1, -0.05) is 12.1 Å². The standard InChI is InChI=1S/C17H21FN2O4/c1-17(2,3)19-14(21)10-24-16(23)11-8-15(22)20(9-11)13-7-5-4-6-12(13)18/h4-7,11H,8-10H2,1-3H3,(H,19,21)/t11-/m1/s1. The number of rotatable bonds is 4. The molecule has 1 aromatic rings. The number of ether oxygens (including phenoxy) is 1. The van der Waals surface area contributed by atoms with E-state index in [1.807, 2.05) is 20.8 Å². The van der Waals surface area contributed by atoms with Crippen LogP contribution in [0.15, 0.2) is 24.3 Å². The molecule has 0 radical (unpaired) electrons. The molecular weight excluding hydrogens is 315 g/mol. The van der Waals surface area contributed by atoms with E-state index >= 15 is 0 Å². The zero-order chi connectivity index (χ0) is 17.9. The molecule has 24 heavy (non-hydrogen) atoms. The Kier molecular flexibility index (Phi) is 5.21. The van der Waals surface area contributed by atoms with Crippen molar-refractivity contribution < 1.29 is 23.5 Å². The molecule has 1 heterocycles. The fourth-order valence-electron chi connectivity index (χ4n) is 2.48. The number of hydrogen-bond acceptors (Lipinski definition) is 4. The van der Waals surface area contributed by atoms with Crippen LogP contribution in [0.2, 0.25) is 0 Å². The highest BCUT2D eigenvalue weighted by molar-refractivity contribution is 5.99. The zero-order valence-corrected chi connectivity index (χ0v) is 14.0. The van der Waals surface area contributed by atoms with Crippen LogP contribution in [0, 0.1) is 11.7 Å². The molecule has 1 aromatic carbocycles. The summed E-state index contributed by atoms with van der Waals surface area (Å²) in [6, 6.07) is 5.88. The van der Waals surface area contributed by atoms with Crippen LogP contribution in [-0.2, 0) is 19.1 Å². The number of hydrogen-bond donors (Lipinski definition) is 1. The van der Waals surface area contributed by atoms with Crippen molar-refractivity contribution in [3.63, 3.8) is 0 Å². The van der Waals surface area contributed by atoms with E-state index < -0.39 is 35.8 Å². The third-order valence-corrected chi connectivity index (χ3v) is 3.46. The average Bonchev–Trinajstić information content (AvgIpc) is 2.85. The Morgan fingerprint density at radius 3 is 2.62 bits per heavy atom. The van der Waals surface area contributed by atoms with Gasteiger partial charge in [-0.15, -0.1) is 0 Å². The second kappa shape index (κ2) is 6.98. The van der Waals surface area contributed by atoms with Gasteiger partial charge in [0.25, 0.3) is 5.91 Å². The van der Waals surface area contributed by atoms with E-state index in [-0.39, 0.29) is 24.6 Å². The summed E-state index contributed by atoms with van der Waals surface area (Å²) in [5, 5.41) is 2.67. The molecule has 0 saturated carbocycles. The number of esters is 1. The number of nitrogens with zero attached hydrogens (tertiary/aromatic N) is 1. The maximum atomic E-state index is 13.8. The molecular formula is C17H21FN2O4. The van der Waals surface area contributed by atoms with Gasteiger partial charge in [0.2, 0.25) is 5.91 Å². The second-order valence-electron chi connectivity index (χ2n) is 6.76. The van der Waals surface area contributed by atoms with E-state index in [0.717, 1.165) is 0 Å². The third-order valence-electron chi connectivity index (χ3n) is 3.46. The number of nitrogens with one attached hydrogen (secondary N) is 1. The van der Waals surface area contributed by atoms with E-state index in [0.29, 0.717) is 0 Å². The van der Waals surface area contributed by atoms with Crippen molar-refractivity contribution in [1.29, 1.82) is 0 Å². The van der Waals surface area contributed by atoms with Crippen molar-refractivity contribution >= 4 is 23.5 Å². The predicted octanol–water partition coefficient (Wildman–Crippen LogP) is 1.64. The molecule has 0 unspecified atom stereocenters. The van der Waals surface area contributed by atoms with E-state index in [1.165, 1.54) is 23.1 Å². The summed E-state index contributed by atoms with van der Waals surface area (Å²) in [5.74, 6) is -2.62. The van der Waals surface area contributed by atoms with Gasteiger partial charge in [0, 0.05) is 18.5 Å². The van der Waals surface area contributed by atoms with Crippen molar-refractivity contribution in [3.8, 4) is 0 Å². The molecule has 2 amide bonds. The Morgan fingerprint density at radius 2 is 2.00 bits per heavy atom. The largest absolute Gasteiger partial charge is 0.455 e. The van der Waals surface area contributed by atoms with Gasteiger partial charge in [0.05, 0.1) is 11.6 Å². The lowest BCUT2D eigenvalue weighted by Crippen LogP contribution is -2.43. The number of anilines is 1. The first kappa shape index (κ1) is 17.9. The molecule has 130 valence electrons. The summed E-state index contributed by atoms with van der Waals surface area (Å²) in [6.07, 6.45) is -0.0615. The van der Waals surface area contributed by atoms with Gasteiger partial charge in [-0.25, -0.2) is 4.39 Å². The molecule has 2 rings (SSSR count). The van der Waals surface area contributed by atoms with Crippen molar-refractivity contribution in [1.82, 2.24) is 5.32 Å². The van der Waals surface area contributed by atoms with Crippen LogP contribution < -0.4 is 10.2 Å². The van der Waals surface area contributed by atoms with Crippen molar-refractivity contribution in [2.45, 2.75) is 32.7 Å². The molecule has 1 atom stereocenters. The van der Waals surface area contributed by atoms with E-state index in [9.17, 15) is 18.8 Å². The fourth-order valence-corrected chi connectivity index (χ4v) is 2.48. The molecule has 0 aromatic heterocycles. The van der Waals surface area contributed by atoms with Crippen LogP contribution in [0.25, 0.3) is 0 Å². The van der Waals surface area contributed by atoms with Crippen LogP contribution >= 0.6 is 0 Å². The quantitative estimate of drug-likeness (QED) is 0.848. The van der Waals surface area contributed by atoms with E-state index in [1.54, 1.807) is 6.07 Å². The Bertz CT molecular complexity index is 654. The van der Waals surface area contributed by atoms with Crippen LogP contribution in [0.4, 0.5) is 10.1 Å². The minimum Gasteiger partial charge on any atom is -0.455 e. The SMILES string of the molecule is CC(C)(C)NC(=O)COC(=O)[C@@H]1CC(=O)N(c2ccccc2F)C1. The summed E-state index contributed by atoms with van der Waals surface area (Å²) < 4.78 is 18.8. The molecule has 6 nitrogen and oxygen atoms in total. The highest BCUT2D eigenvalue weighted by Crippen LogP contribution is 2.27. The number of amides is 2. The van der Waals surface area contributed by atoms with Gasteiger partial charge < -0.3 is 15.0 Å². The summed E-state index contributed by atoms with van der Waals surface area (Å²) >= 11 is 0. The fraction of sp³-hybridized carbons (Fsp3) is 0.471. The molecule has 1 aliphatic heterocycles. The molecule has 7 heteroatoms. The van der Waals surface area contributed by atoms with E-state index in [4.69, 9.17) is 4.74 Å². The highest BCUT2D eigenvalue weighted by Gasteiger charge is 2.37. The highest BCUT2D eigenvalue weighted by atomic mass is 19.1. The molecule has 1 aliphatic rings. The first-order valence-electron chi connectivity index (χ1n) is 7.70. The smallest absolute Gasteiger partial charge is 0.311 e. The van der Waals surface area contributed by atoms with Crippen LogP contribution in [-0.4, -0.2) is 36.5 Å². The van der Waals surface area contributed by atoms with Gasteiger partial charge in [-0.05, 0) is 32.9 Å². The van der Waals surface area contributed by atoms with E-state index in [2.05, 4.69) is 5.32 Å². The number of benzene rings is 1. The van der Waals surface area contributed by atoms with Crippen molar-refractivity contribution in [2.24, 2.45) is 5.92 Å². The topological polar surface area (TPSA) is 75.7 Å². The van der Waals surface area contributed by atoms with Gasteiger partial charge in [-0.2, -0.15) is 0 Å². The van der Waals surface area contributed by atoms with Gasteiger partial charge in [-0.3, -0.25) is 14.4 Å². The van der Waals surface area contributed by atoms with Gasteiger partial charge in [0.15, 0.2) is 6.61 Å². The van der Waals surface area contributed by atoms with Gasteiger partial charge in [0.1, 0.15) is 5.82 Å². The molecule has 0 bridgehead atoms. The summed E-state index contributed by atoms with van der Waals surface area (Å²) in [4.78, 5) is 37.0. The maximum absolute atomic E-state index is 13.8. The van der Waals surface area contributed by atoms with Crippen LogP contribution in [0.1, 0.15) is 27.2 Å². The Morgan fingerprint density at radius 1 is 1.33 bits per heavy atom. The number of carbonyl (C=O) groups is 3. The lowest BCUT2D eigenvalue weighted by atomic mass is 10.1. The maximum Gasteiger partial charge on any atom is 0.311 e. The van der Waals surface area contributed by atoms with Gasteiger partial charge >= 0.3 is 5.97 Å². The predicted molar refractivity (Wildman–Crippen MR) is 85.7 cm³/mol. The molecule has 1 saturated heterocycles. The minimum absolute atomic E-state index is 0.0412. The average molecular weight is 336 g/mol. The number of halogens is 1. The third kappa shape index (κ3) is 4.53. The van der Waals surface area contributed by atoms with Crippen molar-refractivity contribution in [2.75, 3.05) is 18.1 Å². The lowest BCUT2D eigenvalue weighted by molar-refractivity contribution is -0.152.